The number of carbonyl (C=O) groups is 1. The van der Waals surface area contributed by atoms with Crippen molar-refractivity contribution in [3.8, 4) is 0 Å². The van der Waals surface area contributed by atoms with E-state index in [1.807, 2.05) is 11.4 Å². The molecule has 72 valence electrons. The lowest BCUT2D eigenvalue weighted by Gasteiger charge is -2.02. The van der Waals surface area contributed by atoms with Crippen molar-refractivity contribution in [3.05, 3.63) is 17.8 Å². The first-order valence-corrected chi connectivity index (χ1v) is 4.86. The Balaban J connectivity index is 2.32. The zero-order valence-electron chi connectivity index (χ0n) is 7.23. The van der Waals surface area contributed by atoms with Gasteiger partial charge in [0.2, 0.25) is 5.91 Å². The van der Waals surface area contributed by atoms with E-state index in [2.05, 4.69) is 15.3 Å². The van der Waals surface area contributed by atoms with Crippen LogP contribution < -0.4 is 11.1 Å². The molecule has 1 amide bonds. The zero-order chi connectivity index (χ0) is 9.97. The third-order valence-corrected chi connectivity index (χ3v) is 2.51. The molecule has 0 aliphatic rings. The van der Waals surface area contributed by atoms with Gasteiger partial charge in [0.1, 0.15) is 17.0 Å². The summed E-state index contributed by atoms with van der Waals surface area (Å²) in [7, 11) is 0. The second-order valence-corrected chi connectivity index (χ2v) is 3.58. The number of anilines is 1. The Bertz CT molecular complexity index is 467. The molecule has 2 rings (SSSR count). The molecule has 0 saturated heterocycles. The van der Waals surface area contributed by atoms with Crippen LogP contribution in [0.3, 0.4) is 0 Å². The van der Waals surface area contributed by atoms with Crippen LogP contribution >= 0.6 is 11.3 Å². The number of nitrogens with two attached hydrogens (primary N) is 1. The second kappa shape index (κ2) is 3.59. The molecule has 0 saturated carbocycles. The van der Waals surface area contributed by atoms with Crippen molar-refractivity contribution in [1.82, 2.24) is 9.97 Å². The Morgan fingerprint density at radius 1 is 1.57 bits per heavy atom. The highest BCUT2D eigenvalue weighted by molar-refractivity contribution is 7.16. The Kier molecular flexibility index (Phi) is 2.28. The van der Waals surface area contributed by atoms with Crippen LogP contribution in [0.5, 0.6) is 0 Å². The Morgan fingerprint density at radius 2 is 2.43 bits per heavy atom. The topological polar surface area (TPSA) is 80.9 Å². The molecular formula is C8H8N4OS. The second-order valence-electron chi connectivity index (χ2n) is 2.68. The number of nitrogens with one attached hydrogen (secondary N) is 1. The first-order valence-electron chi connectivity index (χ1n) is 3.98. The van der Waals surface area contributed by atoms with Crippen molar-refractivity contribution >= 4 is 33.3 Å². The number of amides is 1. The smallest absolute Gasteiger partial charge is 0.236 e. The summed E-state index contributed by atoms with van der Waals surface area (Å²) >= 11 is 1.53. The van der Waals surface area contributed by atoms with Crippen LogP contribution in [-0.2, 0) is 4.79 Å². The highest BCUT2D eigenvalue weighted by Crippen LogP contribution is 2.23. The van der Waals surface area contributed by atoms with Gasteiger partial charge in [0, 0.05) is 0 Å². The minimum atomic E-state index is -0.410. The minimum absolute atomic E-state index is 0.0853. The summed E-state index contributed by atoms with van der Waals surface area (Å²) < 4.78 is 0. The lowest BCUT2D eigenvalue weighted by Crippen LogP contribution is -2.22. The average molecular weight is 208 g/mol. The number of nitrogens with zero attached hydrogens (tertiary/aromatic N) is 2. The largest absolute Gasteiger partial charge is 0.368 e. The zero-order valence-corrected chi connectivity index (χ0v) is 8.04. The fraction of sp³-hybridized carbons (Fsp3) is 0.125. The van der Waals surface area contributed by atoms with E-state index in [1.165, 1.54) is 17.7 Å². The van der Waals surface area contributed by atoms with E-state index < -0.39 is 5.91 Å². The maximum Gasteiger partial charge on any atom is 0.236 e. The van der Waals surface area contributed by atoms with E-state index in [-0.39, 0.29) is 6.54 Å². The molecule has 0 aromatic carbocycles. The molecule has 0 aliphatic carbocycles. The monoisotopic (exact) mass is 208 g/mol. The number of thiophene rings is 1. The van der Waals surface area contributed by atoms with Gasteiger partial charge < -0.3 is 11.1 Å². The van der Waals surface area contributed by atoms with Crippen LogP contribution in [0.4, 0.5) is 5.82 Å². The maximum absolute atomic E-state index is 10.6. The highest BCUT2D eigenvalue weighted by Gasteiger charge is 2.04. The van der Waals surface area contributed by atoms with Gasteiger partial charge in [-0.25, -0.2) is 9.97 Å². The fourth-order valence-electron chi connectivity index (χ4n) is 1.10. The summed E-state index contributed by atoms with van der Waals surface area (Å²) in [5.74, 6) is 0.238. The van der Waals surface area contributed by atoms with Gasteiger partial charge in [-0.2, -0.15) is 0 Å². The number of carbonyl (C=O) groups excluding carboxylic acids is 1. The minimum Gasteiger partial charge on any atom is -0.368 e. The van der Waals surface area contributed by atoms with Crippen LogP contribution in [0.2, 0.25) is 0 Å². The van der Waals surface area contributed by atoms with Gasteiger partial charge in [0.05, 0.1) is 11.9 Å². The predicted molar refractivity (Wildman–Crippen MR) is 55.1 cm³/mol. The van der Waals surface area contributed by atoms with E-state index in [4.69, 9.17) is 5.73 Å². The molecule has 0 atom stereocenters. The molecule has 14 heavy (non-hydrogen) atoms. The number of hydrogen-bond acceptors (Lipinski definition) is 5. The van der Waals surface area contributed by atoms with Crippen molar-refractivity contribution in [2.45, 2.75) is 0 Å². The molecule has 2 aromatic rings. The quantitative estimate of drug-likeness (QED) is 0.773. The maximum atomic E-state index is 10.6. The average Bonchev–Trinajstić information content (AvgIpc) is 2.62. The SMILES string of the molecule is NC(=O)CNc1ncnc2sccc12. The van der Waals surface area contributed by atoms with Crippen LogP contribution in [0.1, 0.15) is 0 Å². The molecule has 0 aliphatic heterocycles. The van der Waals surface area contributed by atoms with E-state index in [9.17, 15) is 4.79 Å². The van der Waals surface area contributed by atoms with Crippen LogP contribution in [-0.4, -0.2) is 22.4 Å². The summed E-state index contributed by atoms with van der Waals surface area (Å²) in [5, 5.41) is 5.70. The summed E-state index contributed by atoms with van der Waals surface area (Å²) in [6.45, 7) is 0.0853. The van der Waals surface area contributed by atoms with Crippen molar-refractivity contribution in [2.24, 2.45) is 5.73 Å². The van der Waals surface area contributed by atoms with Crippen molar-refractivity contribution in [2.75, 3.05) is 11.9 Å². The fourth-order valence-corrected chi connectivity index (χ4v) is 1.83. The van der Waals surface area contributed by atoms with Crippen LogP contribution in [0.25, 0.3) is 10.2 Å². The van der Waals surface area contributed by atoms with Gasteiger partial charge in [0.25, 0.3) is 0 Å². The molecule has 0 spiro atoms. The van der Waals surface area contributed by atoms with Gasteiger partial charge in [-0.1, -0.05) is 0 Å². The first kappa shape index (κ1) is 8.89. The Morgan fingerprint density at radius 3 is 3.21 bits per heavy atom. The molecule has 5 nitrogen and oxygen atoms in total. The number of fused-ring (bicyclic) bond motifs is 1. The predicted octanol–water partition coefficient (Wildman–Crippen LogP) is 0.588. The molecule has 0 unspecified atom stereocenters. The van der Waals surface area contributed by atoms with Crippen LogP contribution in [0.15, 0.2) is 17.8 Å². The van der Waals surface area contributed by atoms with E-state index in [0.29, 0.717) is 5.82 Å². The van der Waals surface area contributed by atoms with Crippen molar-refractivity contribution in [3.63, 3.8) is 0 Å². The van der Waals surface area contributed by atoms with E-state index >= 15 is 0 Å². The normalized spacial score (nSPS) is 10.3. The molecule has 0 bridgehead atoms. The molecule has 0 fully saturated rings. The summed E-state index contributed by atoms with van der Waals surface area (Å²) in [4.78, 5) is 19.6. The number of aromatic nitrogens is 2. The molecular weight excluding hydrogens is 200 g/mol. The lowest BCUT2D eigenvalue weighted by molar-refractivity contribution is -0.116. The summed E-state index contributed by atoms with van der Waals surface area (Å²) in [5.41, 5.74) is 5.02. The van der Waals surface area contributed by atoms with E-state index in [1.54, 1.807) is 0 Å². The Labute approximate surface area is 84.0 Å². The van der Waals surface area contributed by atoms with Crippen molar-refractivity contribution < 1.29 is 4.79 Å². The molecule has 0 radical (unpaired) electrons. The van der Waals surface area contributed by atoms with Gasteiger partial charge >= 0.3 is 0 Å². The molecule has 6 heteroatoms. The van der Waals surface area contributed by atoms with Crippen LogP contribution in [0, 0.1) is 0 Å². The number of rotatable bonds is 3. The standard InChI is InChI=1S/C8H8N4OS/c9-6(13)3-10-7-5-1-2-14-8(5)12-4-11-7/h1-2,4H,3H2,(H2,9,13)(H,10,11,12). The summed E-state index contributed by atoms with van der Waals surface area (Å²) in [6, 6.07) is 1.91. The molecule has 2 heterocycles. The molecule has 2 aromatic heterocycles. The van der Waals surface area contributed by atoms with Gasteiger partial charge in [-0.15, -0.1) is 11.3 Å². The highest BCUT2D eigenvalue weighted by atomic mass is 32.1. The first-order chi connectivity index (χ1) is 6.77. The lowest BCUT2D eigenvalue weighted by atomic mass is 10.4. The van der Waals surface area contributed by atoms with E-state index in [0.717, 1.165) is 10.2 Å². The number of primary amides is 1. The van der Waals surface area contributed by atoms with Gasteiger partial charge in [-0.05, 0) is 11.4 Å². The molecule has 3 N–H and O–H groups in total. The third kappa shape index (κ3) is 1.64. The third-order valence-electron chi connectivity index (χ3n) is 1.69. The van der Waals surface area contributed by atoms with Crippen molar-refractivity contribution in [1.29, 1.82) is 0 Å². The summed E-state index contributed by atoms with van der Waals surface area (Å²) in [6.07, 6.45) is 1.46. The number of hydrogen-bond donors (Lipinski definition) is 2. The van der Waals surface area contributed by atoms with Gasteiger partial charge in [-0.3, -0.25) is 4.79 Å². The Hall–Kier alpha value is -1.69. The van der Waals surface area contributed by atoms with Gasteiger partial charge in [0.15, 0.2) is 0 Å².